The summed E-state index contributed by atoms with van der Waals surface area (Å²) in [4.78, 5) is 10.4. The molecule has 0 bridgehead atoms. The number of hydrogen-bond donors (Lipinski definition) is 0. The van der Waals surface area contributed by atoms with Crippen molar-refractivity contribution in [1.29, 1.82) is 0 Å². The molecule has 0 saturated carbocycles. The third-order valence-electron chi connectivity index (χ3n) is 1.85. The van der Waals surface area contributed by atoms with E-state index in [0.717, 1.165) is 32.3 Å². The molecule has 1 heterocycles. The zero-order chi connectivity index (χ0) is 7.40. The van der Waals surface area contributed by atoms with Crippen molar-refractivity contribution in [2.45, 2.75) is 17.7 Å². The van der Waals surface area contributed by atoms with E-state index in [-0.39, 0.29) is 4.83 Å². The van der Waals surface area contributed by atoms with Gasteiger partial charge in [-0.1, -0.05) is 15.9 Å². The van der Waals surface area contributed by atoms with Crippen LogP contribution in [0.1, 0.15) is 12.8 Å². The minimum Gasteiger partial charge on any atom is -0.381 e. The maximum atomic E-state index is 10.3. The SMILES string of the molecule is O=C[C@@H](Br)C1CCOCC1. The minimum absolute atomic E-state index is 0.0383. The summed E-state index contributed by atoms with van der Waals surface area (Å²) in [6.07, 6.45) is 2.99. The van der Waals surface area contributed by atoms with E-state index in [1.807, 2.05) is 0 Å². The third kappa shape index (κ3) is 2.06. The van der Waals surface area contributed by atoms with E-state index in [1.165, 1.54) is 0 Å². The standard InChI is InChI=1S/C7H11BrO2/c8-7(5-9)6-1-3-10-4-2-6/h5-7H,1-4H2/t7-/m1/s1. The van der Waals surface area contributed by atoms with Crippen LogP contribution >= 0.6 is 15.9 Å². The van der Waals surface area contributed by atoms with Gasteiger partial charge in [0.15, 0.2) is 0 Å². The van der Waals surface area contributed by atoms with E-state index in [0.29, 0.717) is 5.92 Å². The molecule has 1 aliphatic heterocycles. The first-order valence-corrected chi connectivity index (χ1v) is 4.43. The number of ether oxygens (including phenoxy) is 1. The van der Waals surface area contributed by atoms with Gasteiger partial charge in [-0.25, -0.2) is 0 Å². The van der Waals surface area contributed by atoms with Crippen molar-refractivity contribution in [3.8, 4) is 0 Å². The summed E-state index contributed by atoms with van der Waals surface area (Å²) in [5, 5.41) is 0. The second-order valence-electron chi connectivity index (χ2n) is 2.53. The average Bonchev–Trinajstić information content (AvgIpc) is 2.05. The molecule has 1 rings (SSSR count). The Hall–Kier alpha value is 0.110. The molecule has 0 spiro atoms. The first-order valence-electron chi connectivity index (χ1n) is 3.51. The molecule has 0 aliphatic carbocycles. The van der Waals surface area contributed by atoms with Crippen LogP contribution in [0.5, 0.6) is 0 Å². The number of hydrogen-bond acceptors (Lipinski definition) is 2. The predicted octanol–water partition coefficient (Wildman–Crippen LogP) is 1.38. The number of alkyl halides is 1. The molecule has 0 radical (unpaired) electrons. The van der Waals surface area contributed by atoms with Crippen LogP contribution < -0.4 is 0 Å². The first-order chi connectivity index (χ1) is 4.84. The molecule has 2 nitrogen and oxygen atoms in total. The van der Waals surface area contributed by atoms with E-state index in [1.54, 1.807) is 0 Å². The van der Waals surface area contributed by atoms with Crippen molar-refractivity contribution in [2.24, 2.45) is 5.92 Å². The molecule has 0 aromatic carbocycles. The van der Waals surface area contributed by atoms with Crippen molar-refractivity contribution >= 4 is 22.2 Å². The number of carbonyl (C=O) groups excluding carboxylic acids is 1. The summed E-state index contributed by atoms with van der Waals surface area (Å²) in [5.41, 5.74) is 0. The molecule has 58 valence electrons. The zero-order valence-corrected chi connectivity index (χ0v) is 7.34. The second kappa shape index (κ2) is 4.09. The Morgan fingerprint density at radius 3 is 2.60 bits per heavy atom. The largest absolute Gasteiger partial charge is 0.381 e. The molecule has 0 amide bonds. The molecule has 1 atom stereocenters. The van der Waals surface area contributed by atoms with Crippen molar-refractivity contribution in [3.63, 3.8) is 0 Å². The minimum atomic E-state index is 0.0383. The van der Waals surface area contributed by atoms with Crippen LogP contribution in [0.4, 0.5) is 0 Å². The van der Waals surface area contributed by atoms with E-state index in [9.17, 15) is 4.79 Å². The number of aldehydes is 1. The fraction of sp³-hybridized carbons (Fsp3) is 0.857. The van der Waals surface area contributed by atoms with Crippen molar-refractivity contribution < 1.29 is 9.53 Å². The van der Waals surface area contributed by atoms with E-state index in [2.05, 4.69) is 15.9 Å². The molecule has 1 fully saturated rings. The van der Waals surface area contributed by atoms with Crippen LogP contribution in [0.3, 0.4) is 0 Å². The van der Waals surface area contributed by atoms with Gasteiger partial charge in [-0.3, -0.25) is 0 Å². The van der Waals surface area contributed by atoms with Crippen LogP contribution in [0, 0.1) is 5.92 Å². The van der Waals surface area contributed by atoms with Gasteiger partial charge in [0.05, 0.1) is 4.83 Å². The lowest BCUT2D eigenvalue weighted by atomic mass is 9.97. The van der Waals surface area contributed by atoms with Crippen LogP contribution in [0.25, 0.3) is 0 Å². The molecule has 3 heteroatoms. The highest BCUT2D eigenvalue weighted by molar-refractivity contribution is 9.09. The Morgan fingerprint density at radius 1 is 1.50 bits per heavy atom. The lowest BCUT2D eigenvalue weighted by molar-refractivity contribution is -0.108. The highest BCUT2D eigenvalue weighted by Crippen LogP contribution is 2.22. The molecule has 1 saturated heterocycles. The summed E-state index contributed by atoms with van der Waals surface area (Å²) < 4.78 is 5.16. The Kier molecular flexibility index (Phi) is 3.35. The summed E-state index contributed by atoms with van der Waals surface area (Å²) >= 11 is 3.31. The highest BCUT2D eigenvalue weighted by Gasteiger charge is 2.20. The maximum absolute atomic E-state index is 10.3. The Balaban J connectivity index is 2.30. The molecule has 0 aromatic heterocycles. The molecule has 0 N–H and O–H groups in total. The van der Waals surface area contributed by atoms with Crippen LogP contribution in [0.15, 0.2) is 0 Å². The van der Waals surface area contributed by atoms with Crippen molar-refractivity contribution in [2.75, 3.05) is 13.2 Å². The van der Waals surface area contributed by atoms with Crippen molar-refractivity contribution in [1.82, 2.24) is 0 Å². The molecular weight excluding hydrogens is 196 g/mol. The Morgan fingerprint density at radius 2 is 2.10 bits per heavy atom. The van der Waals surface area contributed by atoms with Crippen LogP contribution in [0.2, 0.25) is 0 Å². The normalized spacial score (nSPS) is 24.1. The van der Waals surface area contributed by atoms with Gasteiger partial charge in [-0.05, 0) is 18.8 Å². The van der Waals surface area contributed by atoms with Crippen molar-refractivity contribution in [3.05, 3.63) is 0 Å². The van der Waals surface area contributed by atoms with Gasteiger partial charge < -0.3 is 9.53 Å². The second-order valence-corrected chi connectivity index (χ2v) is 3.59. The Bertz CT molecular complexity index is 110. The number of halogens is 1. The summed E-state index contributed by atoms with van der Waals surface area (Å²) in [6, 6.07) is 0. The fourth-order valence-corrected chi connectivity index (χ4v) is 1.67. The quantitative estimate of drug-likeness (QED) is 0.505. The first kappa shape index (κ1) is 8.21. The van der Waals surface area contributed by atoms with Gasteiger partial charge in [0.25, 0.3) is 0 Å². The zero-order valence-electron chi connectivity index (χ0n) is 5.75. The van der Waals surface area contributed by atoms with Gasteiger partial charge in [0, 0.05) is 13.2 Å². The molecule has 0 aromatic rings. The summed E-state index contributed by atoms with van der Waals surface area (Å²) in [6.45, 7) is 1.61. The number of carbonyl (C=O) groups is 1. The van der Waals surface area contributed by atoms with Crippen LogP contribution in [-0.2, 0) is 9.53 Å². The van der Waals surface area contributed by atoms with Crippen LogP contribution in [-0.4, -0.2) is 24.3 Å². The van der Waals surface area contributed by atoms with Gasteiger partial charge in [-0.2, -0.15) is 0 Å². The lowest BCUT2D eigenvalue weighted by Crippen LogP contribution is -2.24. The highest BCUT2D eigenvalue weighted by atomic mass is 79.9. The van der Waals surface area contributed by atoms with Gasteiger partial charge in [0.1, 0.15) is 6.29 Å². The molecule has 1 aliphatic rings. The molecule has 10 heavy (non-hydrogen) atoms. The maximum Gasteiger partial charge on any atom is 0.133 e. The molecule has 0 unspecified atom stereocenters. The van der Waals surface area contributed by atoms with E-state index in [4.69, 9.17) is 4.74 Å². The topological polar surface area (TPSA) is 26.3 Å². The van der Waals surface area contributed by atoms with E-state index >= 15 is 0 Å². The average molecular weight is 207 g/mol. The fourth-order valence-electron chi connectivity index (χ4n) is 1.15. The molecular formula is C7H11BrO2. The smallest absolute Gasteiger partial charge is 0.133 e. The predicted molar refractivity (Wildman–Crippen MR) is 42.3 cm³/mol. The number of rotatable bonds is 2. The summed E-state index contributed by atoms with van der Waals surface area (Å²) in [5.74, 6) is 0.492. The van der Waals surface area contributed by atoms with Gasteiger partial charge >= 0.3 is 0 Å². The van der Waals surface area contributed by atoms with E-state index < -0.39 is 0 Å². The third-order valence-corrected chi connectivity index (χ3v) is 2.81. The summed E-state index contributed by atoms with van der Waals surface area (Å²) in [7, 11) is 0. The monoisotopic (exact) mass is 206 g/mol. The Labute approximate surface area is 69.1 Å². The van der Waals surface area contributed by atoms with Gasteiger partial charge in [0.2, 0.25) is 0 Å². The lowest BCUT2D eigenvalue weighted by Gasteiger charge is -2.22. The van der Waals surface area contributed by atoms with Gasteiger partial charge in [-0.15, -0.1) is 0 Å².